The van der Waals surface area contributed by atoms with Crippen LogP contribution in [0.1, 0.15) is 29.9 Å². The molecule has 31 heavy (non-hydrogen) atoms. The van der Waals surface area contributed by atoms with Gasteiger partial charge in [0.25, 0.3) is 0 Å². The van der Waals surface area contributed by atoms with Gasteiger partial charge in [-0.1, -0.05) is 18.2 Å². The molecular formula is C22H19N3O4S2. The van der Waals surface area contributed by atoms with Gasteiger partial charge in [-0.3, -0.25) is 14.5 Å². The van der Waals surface area contributed by atoms with Crippen LogP contribution in [0, 0.1) is 0 Å². The number of carbonyl (C=O) groups excluding carboxylic acids is 3. The van der Waals surface area contributed by atoms with E-state index in [4.69, 9.17) is 4.74 Å². The zero-order valence-electron chi connectivity index (χ0n) is 16.8. The van der Waals surface area contributed by atoms with Crippen LogP contribution in [0.4, 0.5) is 16.5 Å². The van der Waals surface area contributed by atoms with E-state index in [1.807, 2.05) is 37.3 Å². The number of hydrogen-bond donors (Lipinski definition) is 1. The summed E-state index contributed by atoms with van der Waals surface area (Å²) in [6, 6.07) is 14.3. The molecular weight excluding hydrogens is 434 g/mol. The molecule has 0 aliphatic carbocycles. The predicted octanol–water partition coefficient (Wildman–Crippen LogP) is 4.62. The first-order valence-electron chi connectivity index (χ1n) is 9.51. The van der Waals surface area contributed by atoms with E-state index in [1.165, 1.54) is 34.9 Å². The van der Waals surface area contributed by atoms with Gasteiger partial charge in [0.2, 0.25) is 11.8 Å². The van der Waals surface area contributed by atoms with Crippen LogP contribution in [0.5, 0.6) is 0 Å². The first-order chi connectivity index (χ1) is 14.9. The van der Waals surface area contributed by atoms with Gasteiger partial charge < -0.3 is 10.1 Å². The first kappa shape index (κ1) is 21.1. The number of ether oxygens (including phenoxy) is 1. The van der Waals surface area contributed by atoms with Gasteiger partial charge in [0, 0.05) is 17.2 Å². The van der Waals surface area contributed by atoms with Crippen molar-refractivity contribution in [3.05, 3.63) is 65.2 Å². The molecule has 0 spiro atoms. The molecule has 0 saturated carbocycles. The van der Waals surface area contributed by atoms with Crippen molar-refractivity contribution in [1.29, 1.82) is 0 Å². The lowest BCUT2D eigenvalue weighted by molar-refractivity contribution is -0.116. The zero-order chi connectivity index (χ0) is 22.0. The van der Waals surface area contributed by atoms with Gasteiger partial charge in [0.05, 0.1) is 27.9 Å². The zero-order valence-corrected chi connectivity index (χ0v) is 18.5. The molecule has 2 amide bonds. The standard InChI is InChI=1S/C22H19N3O4S2/c1-13-20(27)24-18-10-15(8-9-19(18)31-13)21(28)29-11-16-12-30-22(23-16)25(14(2)26)17-6-4-3-5-7-17/h3-10,12-13H,11H2,1-2H3,(H,24,27). The van der Waals surface area contributed by atoms with Crippen LogP contribution in [0.3, 0.4) is 0 Å². The van der Waals surface area contributed by atoms with Crippen LogP contribution in [-0.4, -0.2) is 28.0 Å². The lowest BCUT2D eigenvalue weighted by atomic mass is 10.2. The molecule has 1 aliphatic heterocycles. The van der Waals surface area contributed by atoms with E-state index >= 15 is 0 Å². The first-order valence-corrected chi connectivity index (χ1v) is 11.3. The quantitative estimate of drug-likeness (QED) is 0.567. The Bertz CT molecular complexity index is 1150. The molecule has 0 saturated heterocycles. The maximum atomic E-state index is 12.5. The fraction of sp³-hybridized carbons (Fsp3) is 0.182. The average molecular weight is 454 g/mol. The molecule has 0 radical (unpaired) electrons. The molecule has 9 heteroatoms. The number of thiazole rings is 1. The van der Waals surface area contributed by atoms with Gasteiger partial charge >= 0.3 is 5.97 Å². The van der Waals surface area contributed by atoms with Gasteiger partial charge in [-0.15, -0.1) is 23.1 Å². The molecule has 3 aromatic rings. The van der Waals surface area contributed by atoms with Gasteiger partial charge in [-0.05, 0) is 37.3 Å². The monoisotopic (exact) mass is 453 g/mol. The smallest absolute Gasteiger partial charge is 0.338 e. The third kappa shape index (κ3) is 4.62. The number of aromatic nitrogens is 1. The Hall–Kier alpha value is -3.17. The van der Waals surface area contributed by atoms with Gasteiger partial charge in [0.1, 0.15) is 6.61 Å². The van der Waals surface area contributed by atoms with Crippen LogP contribution in [0.25, 0.3) is 0 Å². The maximum absolute atomic E-state index is 12.5. The Morgan fingerprint density at radius 1 is 1.19 bits per heavy atom. The molecule has 1 aromatic heterocycles. The third-order valence-electron chi connectivity index (χ3n) is 4.56. The van der Waals surface area contributed by atoms with Crippen molar-refractivity contribution in [1.82, 2.24) is 4.98 Å². The van der Waals surface area contributed by atoms with Gasteiger partial charge in [-0.25, -0.2) is 9.78 Å². The third-order valence-corrected chi connectivity index (χ3v) is 6.61. The molecule has 4 rings (SSSR count). The highest BCUT2D eigenvalue weighted by Crippen LogP contribution is 2.36. The van der Waals surface area contributed by atoms with Crippen molar-refractivity contribution in [3.63, 3.8) is 0 Å². The predicted molar refractivity (Wildman–Crippen MR) is 121 cm³/mol. The Labute approximate surface area is 187 Å². The number of esters is 1. The second-order valence-electron chi connectivity index (χ2n) is 6.85. The van der Waals surface area contributed by atoms with E-state index < -0.39 is 5.97 Å². The van der Waals surface area contributed by atoms with E-state index in [9.17, 15) is 14.4 Å². The normalized spacial score (nSPS) is 15.0. The van der Waals surface area contributed by atoms with Gasteiger partial charge in [0.15, 0.2) is 5.13 Å². The summed E-state index contributed by atoms with van der Waals surface area (Å²) >= 11 is 2.75. The van der Waals surface area contributed by atoms with Crippen molar-refractivity contribution in [3.8, 4) is 0 Å². The summed E-state index contributed by atoms with van der Waals surface area (Å²) in [5.74, 6) is -0.763. The summed E-state index contributed by atoms with van der Waals surface area (Å²) in [6.07, 6.45) is 0. The minimum Gasteiger partial charge on any atom is -0.456 e. The lowest BCUT2D eigenvalue weighted by Gasteiger charge is -2.21. The summed E-state index contributed by atoms with van der Waals surface area (Å²) in [7, 11) is 0. The fourth-order valence-corrected chi connectivity index (χ4v) is 4.83. The summed E-state index contributed by atoms with van der Waals surface area (Å²) < 4.78 is 5.39. The summed E-state index contributed by atoms with van der Waals surface area (Å²) in [5.41, 5.74) is 2.22. The second-order valence-corrected chi connectivity index (χ2v) is 9.07. The minimum absolute atomic E-state index is 0.0227. The Kier molecular flexibility index (Phi) is 6.06. The number of amides is 2. The lowest BCUT2D eigenvalue weighted by Crippen LogP contribution is -2.26. The Morgan fingerprint density at radius 3 is 2.71 bits per heavy atom. The van der Waals surface area contributed by atoms with Crippen LogP contribution in [0.2, 0.25) is 0 Å². The SMILES string of the molecule is CC(=O)N(c1ccccc1)c1nc(COC(=O)c2ccc3c(c2)NC(=O)C(C)S3)cs1. The topological polar surface area (TPSA) is 88.6 Å². The molecule has 7 nitrogen and oxygen atoms in total. The number of benzene rings is 2. The van der Waals surface area contributed by atoms with Crippen LogP contribution in [0.15, 0.2) is 58.8 Å². The van der Waals surface area contributed by atoms with Crippen LogP contribution < -0.4 is 10.2 Å². The largest absolute Gasteiger partial charge is 0.456 e. The number of fused-ring (bicyclic) bond motifs is 1. The number of anilines is 3. The van der Waals surface area contributed by atoms with Crippen molar-refractivity contribution >= 4 is 57.4 Å². The molecule has 2 heterocycles. The number of nitrogens with zero attached hydrogens (tertiary/aromatic N) is 2. The molecule has 2 aromatic carbocycles. The minimum atomic E-state index is -0.512. The van der Waals surface area contributed by atoms with Crippen molar-refractivity contribution in [2.75, 3.05) is 10.2 Å². The Balaban J connectivity index is 1.44. The second kappa shape index (κ2) is 8.91. The molecule has 158 valence electrons. The number of hydrogen-bond acceptors (Lipinski definition) is 7. The Morgan fingerprint density at radius 2 is 1.97 bits per heavy atom. The molecule has 0 bridgehead atoms. The molecule has 1 aliphatic rings. The molecule has 0 fully saturated rings. The van der Waals surface area contributed by atoms with Crippen LogP contribution >= 0.6 is 23.1 Å². The molecule has 1 N–H and O–H groups in total. The van der Waals surface area contributed by atoms with E-state index in [2.05, 4.69) is 10.3 Å². The summed E-state index contributed by atoms with van der Waals surface area (Å²) in [4.78, 5) is 43.4. The van der Waals surface area contributed by atoms with E-state index in [0.717, 1.165) is 10.6 Å². The van der Waals surface area contributed by atoms with Gasteiger partial charge in [-0.2, -0.15) is 0 Å². The van der Waals surface area contributed by atoms with E-state index in [1.54, 1.807) is 23.6 Å². The fourth-order valence-electron chi connectivity index (χ4n) is 3.03. The number of rotatable bonds is 5. The molecule has 1 atom stereocenters. The molecule has 1 unspecified atom stereocenters. The number of para-hydroxylation sites is 1. The maximum Gasteiger partial charge on any atom is 0.338 e. The van der Waals surface area contributed by atoms with Crippen molar-refractivity contribution in [2.24, 2.45) is 0 Å². The van der Waals surface area contributed by atoms with Crippen molar-refractivity contribution in [2.45, 2.75) is 30.6 Å². The summed E-state index contributed by atoms with van der Waals surface area (Å²) in [5, 5.41) is 4.90. The number of nitrogens with one attached hydrogen (secondary N) is 1. The summed E-state index contributed by atoms with van der Waals surface area (Å²) in [6.45, 7) is 3.28. The number of carbonyl (C=O) groups is 3. The highest BCUT2D eigenvalue weighted by atomic mass is 32.2. The average Bonchev–Trinajstić information content (AvgIpc) is 3.21. The highest BCUT2D eigenvalue weighted by molar-refractivity contribution is 8.00. The van der Waals surface area contributed by atoms with E-state index in [-0.39, 0.29) is 23.7 Å². The highest BCUT2D eigenvalue weighted by Gasteiger charge is 2.24. The number of thioether (sulfide) groups is 1. The van der Waals surface area contributed by atoms with E-state index in [0.29, 0.717) is 22.1 Å². The van der Waals surface area contributed by atoms with Crippen LogP contribution in [-0.2, 0) is 20.9 Å². The van der Waals surface area contributed by atoms with Crippen molar-refractivity contribution < 1.29 is 19.1 Å².